The molecule has 0 spiro atoms. The van der Waals surface area contributed by atoms with E-state index in [1.807, 2.05) is 0 Å². The lowest BCUT2D eigenvalue weighted by Gasteiger charge is -2.25. The van der Waals surface area contributed by atoms with Crippen molar-refractivity contribution in [1.29, 1.82) is 5.26 Å². The summed E-state index contributed by atoms with van der Waals surface area (Å²) in [6, 6.07) is 2.15. The molecule has 1 fully saturated rings. The zero-order valence-corrected chi connectivity index (χ0v) is 9.91. The molecule has 0 saturated heterocycles. The molecule has 0 bridgehead atoms. The van der Waals surface area contributed by atoms with Gasteiger partial charge >= 0.3 is 6.18 Å². The van der Waals surface area contributed by atoms with Gasteiger partial charge in [0, 0.05) is 5.75 Å². The summed E-state index contributed by atoms with van der Waals surface area (Å²) in [7, 11) is 0. The normalized spacial score (nSPS) is 20.4. The minimum absolute atomic E-state index is 0.0121. The van der Waals surface area contributed by atoms with Crippen LogP contribution < -0.4 is 0 Å². The van der Waals surface area contributed by atoms with Gasteiger partial charge in [-0.05, 0) is 18.8 Å². The molecule has 0 aromatic carbocycles. The smallest absolute Gasteiger partial charge is 0.197 e. The molecule has 0 aromatic rings. The van der Waals surface area contributed by atoms with E-state index in [0.717, 1.165) is 25.7 Å². The van der Waals surface area contributed by atoms with E-state index >= 15 is 0 Å². The summed E-state index contributed by atoms with van der Waals surface area (Å²) in [5, 5.41) is 8.71. The number of nitrogens with zero attached hydrogens (tertiary/aromatic N) is 1. The highest BCUT2D eigenvalue weighted by molar-refractivity contribution is 8.00. The van der Waals surface area contributed by atoms with Crippen LogP contribution in [0.2, 0.25) is 0 Å². The molecule has 1 atom stereocenters. The molecule has 0 amide bonds. The van der Waals surface area contributed by atoms with Crippen molar-refractivity contribution in [2.75, 3.05) is 5.75 Å². The molecule has 0 aromatic heterocycles. The Hall–Kier alpha value is -0.370. The summed E-state index contributed by atoms with van der Waals surface area (Å²) in [6.07, 6.45) is 0.532. The number of halogens is 3. The van der Waals surface area contributed by atoms with Crippen LogP contribution in [0.3, 0.4) is 0 Å². The van der Waals surface area contributed by atoms with E-state index < -0.39 is 12.6 Å². The summed E-state index contributed by atoms with van der Waals surface area (Å²) in [5.74, 6) is 0.315. The first-order valence-electron chi connectivity index (χ1n) is 5.61. The molecule has 1 aliphatic carbocycles. The quantitative estimate of drug-likeness (QED) is 0.749. The van der Waals surface area contributed by atoms with Crippen molar-refractivity contribution in [2.24, 2.45) is 5.92 Å². The van der Waals surface area contributed by atoms with E-state index in [1.54, 1.807) is 0 Å². The van der Waals surface area contributed by atoms with Crippen LogP contribution in [-0.4, -0.2) is 17.2 Å². The van der Waals surface area contributed by atoms with Gasteiger partial charge in [0.05, 0.1) is 17.7 Å². The second kappa shape index (κ2) is 6.39. The predicted octanol–water partition coefficient (Wildman–Crippen LogP) is 4.14. The fourth-order valence-corrected chi connectivity index (χ4v) is 3.24. The van der Waals surface area contributed by atoms with E-state index in [2.05, 4.69) is 6.07 Å². The number of alkyl halides is 3. The molecule has 16 heavy (non-hydrogen) atoms. The predicted molar refractivity (Wildman–Crippen MR) is 59.1 cm³/mol. The van der Waals surface area contributed by atoms with Gasteiger partial charge in [0.1, 0.15) is 0 Å². The number of hydrogen-bond acceptors (Lipinski definition) is 2. The highest BCUT2D eigenvalue weighted by Gasteiger charge is 2.29. The first-order valence-corrected chi connectivity index (χ1v) is 6.66. The Balaban J connectivity index is 2.29. The fourth-order valence-electron chi connectivity index (χ4n) is 2.02. The molecule has 0 N–H and O–H groups in total. The maximum atomic E-state index is 12.0. The molecular formula is C11H16F3NS. The van der Waals surface area contributed by atoms with E-state index in [4.69, 9.17) is 5.26 Å². The zero-order valence-electron chi connectivity index (χ0n) is 9.09. The first-order chi connectivity index (χ1) is 7.53. The largest absolute Gasteiger partial charge is 0.389 e. The standard InChI is InChI=1S/C11H16F3NS/c12-11(13,14)6-7-16-10(8-15)9-4-2-1-3-5-9/h9-10H,1-7H2. The zero-order chi connectivity index (χ0) is 12.0. The summed E-state index contributed by atoms with van der Waals surface area (Å²) in [4.78, 5) is 0. The number of rotatable bonds is 4. The molecule has 0 radical (unpaired) electrons. The topological polar surface area (TPSA) is 23.8 Å². The van der Waals surface area contributed by atoms with Crippen LogP contribution in [0.5, 0.6) is 0 Å². The Morgan fingerprint density at radius 2 is 1.88 bits per heavy atom. The SMILES string of the molecule is N#CC(SCCC(F)(F)F)C1CCCCC1. The number of nitriles is 1. The highest BCUT2D eigenvalue weighted by Crippen LogP contribution is 2.33. The van der Waals surface area contributed by atoms with Crippen molar-refractivity contribution in [3.63, 3.8) is 0 Å². The Labute approximate surface area is 98.4 Å². The highest BCUT2D eigenvalue weighted by atomic mass is 32.2. The Morgan fingerprint density at radius 1 is 1.25 bits per heavy atom. The van der Waals surface area contributed by atoms with Gasteiger partial charge in [0.15, 0.2) is 0 Å². The lowest BCUT2D eigenvalue weighted by atomic mass is 9.87. The molecule has 1 aliphatic rings. The van der Waals surface area contributed by atoms with Crippen molar-refractivity contribution in [3.05, 3.63) is 0 Å². The Morgan fingerprint density at radius 3 is 2.38 bits per heavy atom. The minimum Gasteiger partial charge on any atom is -0.197 e. The monoisotopic (exact) mass is 251 g/mol. The first kappa shape index (κ1) is 13.7. The van der Waals surface area contributed by atoms with Crippen LogP contribution in [0.15, 0.2) is 0 Å². The molecule has 5 heteroatoms. The van der Waals surface area contributed by atoms with E-state index in [1.165, 1.54) is 18.2 Å². The van der Waals surface area contributed by atoms with Gasteiger partial charge in [-0.3, -0.25) is 0 Å². The average molecular weight is 251 g/mol. The number of thioether (sulfide) groups is 1. The molecule has 0 heterocycles. The van der Waals surface area contributed by atoms with Gasteiger partial charge in [-0.25, -0.2) is 0 Å². The number of hydrogen-bond donors (Lipinski definition) is 0. The van der Waals surface area contributed by atoms with E-state index in [-0.39, 0.29) is 11.0 Å². The second-order valence-corrected chi connectivity index (χ2v) is 5.43. The van der Waals surface area contributed by atoms with E-state index in [0.29, 0.717) is 5.92 Å². The van der Waals surface area contributed by atoms with Crippen LogP contribution in [0, 0.1) is 17.2 Å². The average Bonchev–Trinajstić information content (AvgIpc) is 2.24. The van der Waals surface area contributed by atoms with Crippen molar-refractivity contribution >= 4 is 11.8 Å². The summed E-state index contributed by atoms with van der Waals surface area (Å²) >= 11 is 1.17. The van der Waals surface area contributed by atoms with Crippen LogP contribution in [-0.2, 0) is 0 Å². The molecule has 1 nitrogen and oxygen atoms in total. The van der Waals surface area contributed by atoms with Crippen molar-refractivity contribution in [2.45, 2.75) is 50.0 Å². The van der Waals surface area contributed by atoms with Gasteiger partial charge in [-0.15, -0.1) is 11.8 Å². The lowest BCUT2D eigenvalue weighted by molar-refractivity contribution is -0.129. The Bertz CT molecular complexity index is 241. The van der Waals surface area contributed by atoms with Crippen molar-refractivity contribution < 1.29 is 13.2 Å². The third-order valence-electron chi connectivity index (χ3n) is 2.89. The third kappa shape index (κ3) is 5.11. The van der Waals surface area contributed by atoms with Crippen LogP contribution >= 0.6 is 11.8 Å². The van der Waals surface area contributed by atoms with Gasteiger partial charge in [-0.1, -0.05) is 19.3 Å². The molecule has 92 valence electrons. The second-order valence-electron chi connectivity index (χ2n) is 4.18. The van der Waals surface area contributed by atoms with Gasteiger partial charge in [0.25, 0.3) is 0 Å². The maximum Gasteiger partial charge on any atom is 0.389 e. The van der Waals surface area contributed by atoms with Crippen LogP contribution in [0.4, 0.5) is 13.2 Å². The minimum atomic E-state index is -4.10. The Kier molecular flexibility index (Phi) is 5.47. The third-order valence-corrected chi connectivity index (χ3v) is 4.18. The summed E-state index contributed by atoms with van der Waals surface area (Å²) in [6.45, 7) is 0. The van der Waals surface area contributed by atoms with E-state index in [9.17, 15) is 13.2 Å². The molecular weight excluding hydrogens is 235 g/mol. The van der Waals surface area contributed by atoms with Gasteiger partial charge in [-0.2, -0.15) is 18.4 Å². The fraction of sp³-hybridized carbons (Fsp3) is 0.909. The maximum absolute atomic E-state index is 12.0. The molecule has 1 unspecified atom stereocenters. The molecule has 1 saturated carbocycles. The molecule has 1 rings (SSSR count). The lowest BCUT2D eigenvalue weighted by Crippen LogP contribution is -2.20. The summed E-state index contributed by atoms with van der Waals surface area (Å²) < 4.78 is 35.9. The van der Waals surface area contributed by atoms with Crippen LogP contribution in [0.25, 0.3) is 0 Å². The van der Waals surface area contributed by atoms with Crippen LogP contribution in [0.1, 0.15) is 38.5 Å². The van der Waals surface area contributed by atoms with Crippen molar-refractivity contribution in [1.82, 2.24) is 0 Å². The van der Waals surface area contributed by atoms with Crippen molar-refractivity contribution in [3.8, 4) is 6.07 Å². The summed E-state index contributed by atoms with van der Waals surface area (Å²) in [5.41, 5.74) is 0. The molecule has 0 aliphatic heterocycles. The van der Waals surface area contributed by atoms with Gasteiger partial charge in [0.2, 0.25) is 0 Å². The van der Waals surface area contributed by atoms with Gasteiger partial charge < -0.3 is 0 Å².